The van der Waals surface area contributed by atoms with Gasteiger partial charge in [0.25, 0.3) is 0 Å². The van der Waals surface area contributed by atoms with Crippen LogP contribution < -0.4 is 0 Å². The van der Waals surface area contributed by atoms with E-state index in [9.17, 15) is 9.90 Å². The molecule has 0 aromatic rings. The van der Waals surface area contributed by atoms with Crippen LogP contribution in [0.1, 0.15) is 33.1 Å². The topological polar surface area (TPSA) is 43.8 Å². The van der Waals surface area contributed by atoms with Crippen LogP contribution in [0.3, 0.4) is 0 Å². The summed E-state index contributed by atoms with van der Waals surface area (Å²) in [7, 11) is 3.75. The highest BCUT2D eigenvalue weighted by atomic mass is 16.4. The zero-order chi connectivity index (χ0) is 13.1. The second kappa shape index (κ2) is 5.83. The highest BCUT2D eigenvalue weighted by Crippen LogP contribution is 2.27. The maximum Gasteiger partial charge on any atom is 0.324 e. The molecule has 1 aliphatic heterocycles. The Balaban J connectivity index is 2.50. The molecule has 0 aromatic heterocycles. The summed E-state index contributed by atoms with van der Waals surface area (Å²) in [6.07, 6.45) is 2.66. The summed E-state index contributed by atoms with van der Waals surface area (Å²) in [5.74, 6) is 0.0426. The quantitative estimate of drug-likeness (QED) is 0.794. The fourth-order valence-corrected chi connectivity index (χ4v) is 2.44. The van der Waals surface area contributed by atoms with Crippen molar-refractivity contribution in [2.45, 2.75) is 38.6 Å². The summed E-state index contributed by atoms with van der Waals surface area (Å²) in [6.45, 7) is 7.35. The van der Waals surface area contributed by atoms with Crippen molar-refractivity contribution in [2.75, 3.05) is 33.7 Å². The predicted molar refractivity (Wildman–Crippen MR) is 69.2 cm³/mol. The molecule has 0 spiro atoms. The van der Waals surface area contributed by atoms with E-state index < -0.39 is 11.5 Å². The number of carbonyl (C=O) groups is 1. The first-order valence-electron chi connectivity index (χ1n) is 6.51. The van der Waals surface area contributed by atoms with Gasteiger partial charge in [-0.1, -0.05) is 13.8 Å². The van der Waals surface area contributed by atoms with Crippen LogP contribution in [0.2, 0.25) is 0 Å². The van der Waals surface area contributed by atoms with Gasteiger partial charge in [0.2, 0.25) is 0 Å². The van der Waals surface area contributed by atoms with Crippen molar-refractivity contribution in [3.05, 3.63) is 0 Å². The summed E-state index contributed by atoms with van der Waals surface area (Å²) >= 11 is 0. The molecule has 100 valence electrons. The molecule has 1 fully saturated rings. The third kappa shape index (κ3) is 3.42. The van der Waals surface area contributed by atoms with Gasteiger partial charge in [-0.15, -0.1) is 0 Å². The molecule has 0 atom stereocenters. The van der Waals surface area contributed by atoms with Crippen LogP contribution in [-0.4, -0.2) is 60.1 Å². The first kappa shape index (κ1) is 14.5. The summed E-state index contributed by atoms with van der Waals surface area (Å²) in [4.78, 5) is 15.7. The Hall–Kier alpha value is -0.610. The van der Waals surface area contributed by atoms with Crippen molar-refractivity contribution in [1.82, 2.24) is 9.80 Å². The van der Waals surface area contributed by atoms with Gasteiger partial charge in [0.05, 0.1) is 0 Å². The minimum atomic E-state index is -0.675. The lowest BCUT2D eigenvalue weighted by Gasteiger charge is -2.43. The summed E-state index contributed by atoms with van der Waals surface area (Å²) in [5.41, 5.74) is -0.645. The highest BCUT2D eigenvalue weighted by molar-refractivity contribution is 5.78. The third-order valence-corrected chi connectivity index (χ3v) is 3.96. The van der Waals surface area contributed by atoms with Gasteiger partial charge >= 0.3 is 5.97 Å². The largest absolute Gasteiger partial charge is 0.480 e. The standard InChI is InChI=1S/C13H26N2O2/c1-11(2)5-8-15-9-6-13(7-10-15,12(16)17)14(3)4/h11H,5-10H2,1-4H3,(H,16,17). The lowest BCUT2D eigenvalue weighted by molar-refractivity contribution is -0.153. The average Bonchev–Trinajstić information content (AvgIpc) is 2.26. The number of carboxylic acid groups (broad SMARTS) is 1. The summed E-state index contributed by atoms with van der Waals surface area (Å²) in [6, 6.07) is 0. The Kier molecular flexibility index (Phi) is 4.95. The fourth-order valence-electron chi connectivity index (χ4n) is 2.44. The molecule has 0 amide bonds. The van der Waals surface area contributed by atoms with E-state index in [-0.39, 0.29) is 0 Å². The molecular weight excluding hydrogens is 216 g/mol. The van der Waals surface area contributed by atoms with E-state index in [4.69, 9.17) is 0 Å². The fraction of sp³-hybridized carbons (Fsp3) is 0.923. The van der Waals surface area contributed by atoms with Crippen LogP contribution in [0.4, 0.5) is 0 Å². The number of aliphatic carboxylic acids is 1. The molecule has 0 radical (unpaired) electrons. The van der Waals surface area contributed by atoms with Gasteiger partial charge in [0.15, 0.2) is 0 Å². The van der Waals surface area contributed by atoms with Gasteiger partial charge in [-0.05, 0) is 45.8 Å². The molecule has 1 N–H and O–H groups in total. The SMILES string of the molecule is CC(C)CCN1CCC(C(=O)O)(N(C)C)CC1. The molecule has 1 rings (SSSR count). The number of likely N-dealkylation sites (tertiary alicyclic amines) is 1. The maximum absolute atomic E-state index is 11.4. The molecular formula is C13H26N2O2. The molecule has 4 heteroatoms. The van der Waals surface area contributed by atoms with E-state index in [1.165, 1.54) is 6.42 Å². The Morgan fingerprint density at radius 3 is 2.24 bits per heavy atom. The van der Waals surface area contributed by atoms with E-state index in [1.54, 1.807) is 0 Å². The van der Waals surface area contributed by atoms with Crippen molar-refractivity contribution in [3.8, 4) is 0 Å². The van der Waals surface area contributed by atoms with Gasteiger partial charge < -0.3 is 10.0 Å². The van der Waals surface area contributed by atoms with Crippen molar-refractivity contribution >= 4 is 5.97 Å². The zero-order valence-electron chi connectivity index (χ0n) is 11.6. The van der Waals surface area contributed by atoms with Gasteiger partial charge in [0.1, 0.15) is 5.54 Å². The molecule has 0 aliphatic carbocycles. The normalized spacial score (nSPS) is 21.1. The Morgan fingerprint density at radius 2 is 1.88 bits per heavy atom. The van der Waals surface area contributed by atoms with Crippen LogP contribution in [0.5, 0.6) is 0 Å². The van der Waals surface area contributed by atoms with Crippen molar-refractivity contribution < 1.29 is 9.90 Å². The van der Waals surface area contributed by atoms with Crippen LogP contribution in [-0.2, 0) is 4.79 Å². The number of carboxylic acids is 1. The van der Waals surface area contributed by atoms with E-state index in [2.05, 4.69) is 18.7 Å². The van der Waals surface area contributed by atoms with Crippen LogP contribution in [0.25, 0.3) is 0 Å². The van der Waals surface area contributed by atoms with Gasteiger partial charge in [-0.3, -0.25) is 9.69 Å². The number of likely N-dealkylation sites (N-methyl/N-ethyl adjacent to an activating group) is 1. The molecule has 1 heterocycles. The lowest BCUT2D eigenvalue weighted by atomic mass is 9.86. The maximum atomic E-state index is 11.4. The average molecular weight is 242 g/mol. The van der Waals surface area contributed by atoms with Crippen LogP contribution >= 0.6 is 0 Å². The number of piperidine rings is 1. The molecule has 4 nitrogen and oxygen atoms in total. The number of nitrogens with zero attached hydrogens (tertiary/aromatic N) is 2. The van der Waals surface area contributed by atoms with E-state index in [0.717, 1.165) is 38.4 Å². The smallest absolute Gasteiger partial charge is 0.324 e. The molecule has 0 saturated carbocycles. The van der Waals surface area contributed by atoms with Gasteiger partial charge in [-0.25, -0.2) is 0 Å². The van der Waals surface area contributed by atoms with Crippen molar-refractivity contribution in [2.24, 2.45) is 5.92 Å². The number of hydrogen-bond donors (Lipinski definition) is 1. The van der Waals surface area contributed by atoms with E-state index in [1.807, 2.05) is 19.0 Å². The monoisotopic (exact) mass is 242 g/mol. The third-order valence-electron chi connectivity index (χ3n) is 3.96. The first-order valence-corrected chi connectivity index (χ1v) is 6.51. The van der Waals surface area contributed by atoms with Gasteiger partial charge in [0, 0.05) is 13.1 Å². The predicted octanol–water partition coefficient (Wildman–Crippen LogP) is 1.51. The lowest BCUT2D eigenvalue weighted by Crippen LogP contribution is -2.57. The first-order chi connectivity index (χ1) is 7.88. The number of rotatable bonds is 5. The molecule has 0 aromatic carbocycles. The highest BCUT2D eigenvalue weighted by Gasteiger charge is 2.43. The molecule has 17 heavy (non-hydrogen) atoms. The van der Waals surface area contributed by atoms with Crippen molar-refractivity contribution in [3.63, 3.8) is 0 Å². The summed E-state index contributed by atoms with van der Waals surface area (Å²) in [5, 5.41) is 9.40. The minimum absolute atomic E-state index is 0.645. The Bertz CT molecular complexity index is 256. The molecule has 0 unspecified atom stereocenters. The van der Waals surface area contributed by atoms with Gasteiger partial charge in [-0.2, -0.15) is 0 Å². The van der Waals surface area contributed by atoms with E-state index in [0.29, 0.717) is 0 Å². The van der Waals surface area contributed by atoms with Crippen molar-refractivity contribution in [1.29, 1.82) is 0 Å². The second-order valence-corrected chi connectivity index (χ2v) is 5.76. The van der Waals surface area contributed by atoms with Crippen LogP contribution in [0.15, 0.2) is 0 Å². The van der Waals surface area contributed by atoms with E-state index >= 15 is 0 Å². The van der Waals surface area contributed by atoms with Crippen LogP contribution in [0, 0.1) is 5.92 Å². The second-order valence-electron chi connectivity index (χ2n) is 5.76. The molecule has 1 aliphatic rings. The number of hydrogen-bond acceptors (Lipinski definition) is 3. The molecule has 0 bridgehead atoms. The Labute approximate surface area is 105 Å². The minimum Gasteiger partial charge on any atom is -0.480 e. The Morgan fingerprint density at radius 1 is 1.35 bits per heavy atom. The molecule has 1 saturated heterocycles. The summed E-state index contributed by atoms with van der Waals surface area (Å²) < 4.78 is 0. The zero-order valence-corrected chi connectivity index (χ0v) is 11.6.